The third-order valence-electron chi connectivity index (χ3n) is 6.20. The number of hydrogen-bond acceptors (Lipinski definition) is 2. The Hall–Kier alpha value is -2.87. The van der Waals surface area contributed by atoms with Gasteiger partial charge >= 0.3 is 0 Å². The molecule has 0 aliphatic carbocycles. The Morgan fingerprint density at radius 2 is 1.47 bits per heavy atom. The standard InChI is InChI=1S/C28H32N4O.HI/c1-29-28(30-19-24-15-8-9-16-25(24)21-32-18-10-17-27(32)33)31-20-26(22-11-4-2-5-12-22)23-13-6-3-7-14-23;/h2-9,11-16,26H,10,17-21H2,1H3,(H2,29,30,31);1H. The number of nitrogens with zero attached hydrogens (tertiary/aromatic N) is 2. The maximum Gasteiger partial charge on any atom is 0.222 e. The predicted molar refractivity (Wildman–Crippen MR) is 149 cm³/mol. The van der Waals surface area contributed by atoms with Crippen LogP contribution in [0.4, 0.5) is 0 Å². The van der Waals surface area contributed by atoms with Crippen molar-refractivity contribution in [2.75, 3.05) is 20.1 Å². The molecule has 0 atom stereocenters. The highest BCUT2D eigenvalue weighted by atomic mass is 127. The van der Waals surface area contributed by atoms with Gasteiger partial charge in [-0.05, 0) is 28.7 Å². The molecule has 1 saturated heterocycles. The van der Waals surface area contributed by atoms with Crippen molar-refractivity contribution in [3.8, 4) is 0 Å². The van der Waals surface area contributed by atoms with E-state index >= 15 is 0 Å². The lowest BCUT2D eigenvalue weighted by atomic mass is 9.91. The van der Waals surface area contributed by atoms with Crippen molar-refractivity contribution in [3.63, 3.8) is 0 Å². The van der Waals surface area contributed by atoms with Gasteiger partial charge in [-0.2, -0.15) is 0 Å². The van der Waals surface area contributed by atoms with Crippen molar-refractivity contribution in [1.29, 1.82) is 0 Å². The zero-order chi connectivity index (χ0) is 22.9. The van der Waals surface area contributed by atoms with E-state index in [0.717, 1.165) is 25.5 Å². The lowest BCUT2D eigenvalue weighted by molar-refractivity contribution is -0.128. The molecule has 0 spiro atoms. The van der Waals surface area contributed by atoms with Crippen molar-refractivity contribution in [2.24, 2.45) is 4.99 Å². The van der Waals surface area contributed by atoms with E-state index in [4.69, 9.17) is 0 Å². The van der Waals surface area contributed by atoms with Gasteiger partial charge in [0.2, 0.25) is 5.91 Å². The Balaban J connectivity index is 0.00000324. The summed E-state index contributed by atoms with van der Waals surface area (Å²) in [5.41, 5.74) is 4.91. The fourth-order valence-corrected chi connectivity index (χ4v) is 4.36. The van der Waals surface area contributed by atoms with Crippen LogP contribution in [0.1, 0.15) is 41.0 Å². The zero-order valence-electron chi connectivity index (χ0n) is 19.6. The number of likely N-dealkylation sites (tertiary alicyclic amines) is 1. The molecular formula is C28H33IN4O. The first-order valence-corrected chi connectivity index (χ1v) is 11.6. The molecule has 1 fully saturated rings. The molecule has 1 aliphatic heterocycles. The second kappa shape index (κ2) is 13.1. The largest absolute Gasteiger partial charge is 0.355 e. The molecule has 178 valence electrons. The molecule has 6 heteroatoms. The molecule has 0 saturated carbocycles. The van der Waals surface area contributed by atoms with Gasteiger partial charge in [-0.15, -0.1) is 24.0 Å². The van der Waals surface area contributed by atoms with Crippen LogP contribution in [0.2, 0.25) is 0 Å². The molecule has 34 heavy (non-hydrogen) atoms. The maximum absolute atomic E-state index is 12.1. The summed E-state index contributed by atoms with van der Waals surface area (Å²) in [7, 11) is 1.80. The Kier molecular flexibility index (Phi) is 9.94. The fraction of sp³-hybridized carbons (Fsp3) is 0.286. The highest BCUT2D eigenvalue weighted by Crippen LogP contribution is 2.23. The van der Waals surface area contributed by atoms with Crippen LogP contribution < -0.4 is 10.6 Å². The number of carbonyl (C=O) groups excluding carboxylic acids is 1. The van der Waals surface area contributed by atoms with Crippen molar-refractivity contribution in [3.05, 3.63) is 107 Å². The van der Waals surface area contributed by atoms with Crippen molar-refractivity contribution in [1.82, 2.24) is 15.5 Å². The molecule has 1 heterocycles. The van der Waals surface area contributed by atoms with Crippen LogP contribution in [0.3, 0.4) is 0 Å². The summed E-state index contributed by atoms with van der Waals surface area (Å²) in [6, 6.07) is 29.4. The molecule has 4 rings (SSSR count). The van der Waals surface area contributed by atoms with Gasteiger partial charge in [0, 0.05) is 45.6 Å². The molecule has 3 aromatic carbocycles. The molecule has 0 unspecified atom stereocenters. The first kappa shape index (κ1) is 25.7. The molecule has 1 amide bonds. The minimum absolute atomic E-state index is 0. The molecule has 0 aromatic heterocycles. The first-order valence-electron chi connectivity index (χ1n) is 11.6. The number of halogens is 1. The third kappa shape index (κ3) is 6.82. The van der Waals surface area contributed by atoms with Gasteiger partial charge in [-0.1, -0.05) is 84.9 Å². The molecule has 3 aromatic rings. The summed E-state index contributed by atoms with van der Waals surface area (Å²) in [6.07, 6.45) is 1.63. The van der Waals surface area contributed by atoms with Gasteiger partial charge < -0.3 is 15.5 Å². The summed E-state index contributed by atoms with van der Waals surface area (Å²) >= 11 is 0. The lowest BCUT2D eigenvalue weighted by Gasteiger charge is -2.21. The highest BCUT2D eigenvalue weighted by Gasteiger charge is 2.21. The topological polar surface area (TPSA) is 56.7 Å². The minimum Gasteiger partial charge on any atom is -0.355 e. The molecule has 0 bridgehead atoms. The normalized spacial score (nSPS) is 13.6. The average molecular weight is 569 g/mol. The summed E-state index contributed by atoms with van der Waals surface area (Å²) in [4.78, 5) is 18.5. The number of carbonyl (C=O) groups is 1. The van der Waals surface area contributed by atoms with E-state index in [1.54, 1.807) is 7.05 Å². The Morgan fingerprint density at radius 3 is 2.03 bits per heavy atom. The first-order chi connectivity index (χ1) is 16.2. The van der Waals surface area contributed by atoms with Gasteiger partial charge in [0.05, 0.1) is 0 Å². The van der Waals surface area contributed by atoms with Gasteiger partial charge in [-0.3, -0.25) is 9.79 Å². The monoisotopic (exact) mass is 568 g/mol. The molecule has 2 N–H and O–H groups in total. The zero-order valence-corrected chi connectivity index (χ0v) is 21.9. The number of nitrogens with one attached hydrogen (secondary N) is 2. The third-order valence-corrected chi connectivity index (χ3v) is 6.20. The van der Waals surface area contributed by atoms with E-state index in [0.29, 0.717) is 19.5 Å². The number of aliphatic imine (C=N–C) groups is 1. The summed E-state index contributed by atoms with van der Waals surface area (Å²) < 4.78 is 0. The maximum atomic E-state index is 12.1. The van der Waals surface area contributed by atoms with Crippen molar-refractivity contribution in [2.45, 2.75) is 31.8 Å². The van der Waals surface area contributed by atoms with Crippen LogP contribution in [0.5, 0.6) is 0 Å². The van der Waals surface area contributed by atoms with Gasteiger partial charge in [0.1, 0.15) is 0 Å². The van der Waals surface area contributed by atoms with Crippen LogP contribution in [0.15, 0.2) is 89.9 Å². The Labute approximate surface area is 219 Å². The summed E-state index contributed by atoms with van der Waals surface area (Å²) in [5, 5.41) is 6.97. The van der Waals surface area contributed by atoms with E-state index in [-0.39, 0.29) is 35.8 Å². The summed E-state index contributed by atoms with van der Waals surface area (Å²) in [5.74, 6) is 1.24. The number of benzene rings is 3. The lowest BCUT2D eigenvalue weighted by Crippen LogP contribution is -2.39. The quantitative estimate of drug-likeness (QED) is 0.231. The van der Waals surface area contributed by atoms with Crippen LogP contribution in [-0.4, -0.2) is 36.9 Å². The average Bonchev–Trinajstić information content (AvgIpc) is 3.27. The number of amides is 1. The van der Waals surface area contributed by atoms with Crippen LogP contribution in [-0.2, 0) is 17.9 Å². The summed E-state index contributed by atoms with van der Waals surface area (Å²) in [6.45, 7) is 2.91. The van der Waals surface area contributed by atoms with E-state index in [9.17, 15) is 4.79 Å². The van der Waals surface area contributed by atoms with Crippen molar-refractivity contribution >= 4 is 35.8 Å². The van der Waals surface area contributed by atoms with Crippen LogP contribution in [0.25, 0.3) is 0 Å². The number of guanidine groups is 1. The van der Waals surface area contributed by atoms with E-state index < -0.39 is 0 Å². The molecule has 1 aliphatic rings. The Bertz CT molecular complexity index is 1030. The van der Waals surface area contributed by atoms with E-state index in [1.165, 1.54) is 22.3 Å². The second-order valence-electron chi connectivity index (χ2n) is 8.37. The number of hydrogen-bond donors (Lipinski definition) is 2. The van der Waals surface area contributed by atoms with Crippen LogP contribution >= 0.6 is 24.0 Å². The molecule has 0 radical (unpaired) electrons. The van der Waals surface area contributed by atoms with Crippen molar-refractivity contribution < 1.29 is 4.79 Å². The van der Waals surface area contributed by atoms with E-state index in [1.807, 2.05) is 29.2 Å². The fourth-order valence-electron chi connectivity index (χ4n) is 4.36. The Morgan fingerprint density at radius 1 is 0.882 bits per heavy atom. The minimum atomic E-state index is 0. The van der Waals surface area contributed by atoms with Gasteiger partial charge in [0.15, 0.2) is 5.96 Å². The van der Waals surface area contributed by atoms with E-state index in [2.05, 4.69) is 76.3 Å². The SMILES string of the molecule is CN=C(NCc1ccccc1CN1CCCC1=O)NCC(c1ccccc1)c1ccccc1.I. The smallest absolute Gasteiger partial charge is 0.222 e. The van der Waals surface area contributed by atoms with Gasteiger partial charge in [-0.25, -0.2) is 0 Å². The van der Waals surface area contributed by atoms with Gasteiger partial charge in [0.25, 0.3) is 0 Å². The molecule has 5 nitrogen and oxygen atoms in total. The second-order valence-corrected chi connectivity index (χ2v) is 8.37. The predicted octanol–water partition coefficient (Wildman–Crippen LogP) is 4.92. The highest BCUT2D eigenvalue weighted by molar-refractivity contribution is 14.0. The van der Waals surface area contributed by atoms with Crippen LogP contribution in [0, 0.1) is 0 Å². The molecular weight excluding hydrogens is 535 g/mol. The number of rotatable bonds is 8.